The molecule has 0 unspecified atom stereocenters. The van der Waals surface area contributed by atoms with Crippen LogP contribution in [0.2, 0.25) is 6.04 Å². The first-order chi connectivity index (χ1) is 13.7. The average molecular weight is 414 g/mol. The molecule has 0 aliphatic heterocycles. The average Bonchev–Trinajstić information content (AvgIpc) is 2.68. The molecule has 0 heterocycles. The van der Waals surface area contributed by atoms with Crippen molar-refractivity contribution in [2.24, 2.45) is 0 Å². The van der Waals surface area contributed by atoms with Crippen LogP contribution in [-0.4, -0.2) is 36.0 Å². The third-order valence-electron chi connectivity index (χ3n) is 5.25. The van der Waals surface area contributed by atoms with E-state index in [1.165, 1.54) is 89.9 Å². The Hall–Kier alpha value is 0.0969. The van der Waals surface area contributed by atoms with E-state index < -0.39 is 5.97 Å². The Morgan fingerprint density at radius 3 is 1.04 bits per heavy atom. The number of unbranched alkanes of at least 4 members (excludes halogenated alkanes) is 14. The van der Waals surface area contributed by atoms with E-state index in [9.17, 15) is 0 Å². The Kier molecular flexibility index (Phi) is 21.9. The third-order valence-corrected chi connectivity index (χ3v) is 5.61. The van der Waals surface area contributed by atoms with Crippen LogP contribution in [0.3, 0.4) is 0 Å². The van der Waals surface area contributed by atoms with Crippen molar-refractivity contribution in [2.75, 3.05) is 19.8 Å². The zero-order valence-corrected chi connectivity index (χ0v) is 20.4. The normalized spacial score (nSPS) is 12.0. The summed E-state index contributed by atoms with van der Waals surface area (Å²) >= 11 is 0. The van der Waals surface area contributed by atoms with Gasteiger partial charge >= 0.3 is 0 Å². The van der Waals surface area contributed by atoms with Crippen molar-refractivity contribution in [2.45, 2.75) is 136 Å². The molecule has 0 spiro atoms. The number of hydrogen-bond acceptors (Lipinski definition) is 3. The van der Waals surface area contributed by atoms with Gasteiger partial charge in [-0.2, -0.15) is 0 Å². The van der Waals surface area contributed by atoms with Gasteiger partial charge in [0, 0.05) is 36.5 Å². The van der Waals surface area contributed by atoms with E-state index in [1.807, 2.05) is 20.8 Å². The fraction of sp³-hybridized carbons (Fsp3) is 1.00. The zero-order valence-electron chi connectivity index (χ0n) is 19.4. The molecule has 3 nitrogen and oxygen atoms in total. The second kappa shape index (κ2) is 21.8. The van der Waals surface area contributed by atoms with E-state index in [2.05, 4.69) is 10.2 Å². The third kappa shape index (κ3) is 17.0. The summed E-state index contributed by atoms with van der Waals surface area (Å²) in [5.41, 5.74) is 0. The molecule has 3 radical (unpaired) electrons. The molecule has 0 aliphatic carbocycles. The van der Waals surface area contributed by atoms with Gasteiger partial charge in [-0.25, -0.2) is 0 Å². The Balaban J connectivity index is 3.46. The lowest BCUT2D eigenvalue weighted by atomic mass is 10.0. The molecule has 28 heavy (non-hydrogen) atoms. The van der Waals surface area contributed by atoms with Gasteiger partial charge in [0.2, 0.25) is 0 Å². The van der Waals surface area contributed by atoms with Gasteiger partial charge in [-0.3, -0.25) is 0 Å². The first-order valence-corrected chi connectivity index (χ1v) is 13.0. The van der Waals surface area contributed by atoms with Crippen LogP contribution in [0.5, 0.6) is 0 Å². The maximum atomic E-state index is 5.79. The van der Waals surface area contributed by atoms with E-state index in [1.54, 1.807) is 0 Å². The van der Waals surface area contributed by atoms with Crippen LogP contribution in [0.1, 0.15) is 124 Å². The monoisotopic (exact) mass is 413 g/mol. The maximum absolute atomic E-state index is 5.79. The van der Waals surface area contributed by atoms with Gasteiger partial charge in [-0.15, -0.1) is 0 Å². The van der Waals surface area contributed by atoms with Crippen LogP contribution in [0.25, 0.3) is 0 Å². The highest BCUT2D eigenvalue weighted by Crippen LogP contribution is 2.24. The summed E-state index contributed by atoms with van der Waals surface area (Å²) in [5.74, 6) is -0.813. The summed E-state index contributed by atoms with van der Waals surface area (Å²) in [5, 5.41) is 0. The van der Waals surface area contributed by atoms with Crippen LogP contribution >= 0.6 is 0 Å². The standard InChI is InChI=1S/C24H49O3Si/c1-4-25-24(26-5-2,27-6-3)22-20-18-16-14-12-10-8-7-9-11-13-15-17-19-21-23-28/h4-23H2,1-3H3. The highest BCUT2D eigenvalue weighted by atomic mass is 28.1. The second-order valence-corrected chi connectivity index (χ2v) is 8.29. The SMILES string of the molecule is CCOC(CCCCCCCCCCCCCCCCC[Si])(OCC)OCC. The largest absolute Gasteiger partial charge is 0.328 e. The van der Waals surface area contributed by atoms with E-state index in [4.69, 9.17) is 14.2 Å². The van der Waals surface area contributed by atoms with Crippen LogP contribution in [0.15, 0.2) is 0 Å². The molecular formula is C24H49O3Si. The van der Waals surface area contributed by atoms with E-state index in [-0.39, 0.29) is 0 Å². The van der Waals surface area contributed by atoms with E-state index in [0.717, 1.165) is 18.9 Å². The topological polar surface area (TPSA) is 27.7 Å². The van der Waals surface area contributed by atoms with Crippen molar-refractivity contribution in [3.8, 4) is 0 Å². The molecule has 0 bridgehead atoms. The molecule has 0 aromatic carbocycles. The molecule has 0 rings (SSSR count). The molecule has 0 saturated carbocycles. The van der Waals surface area contributed by atoms with Crippen LogP contribution in [0.4, 0.5) is 0 Å². The predicted octanol–water partition coefficient (Wildman–Crippen LogP) is 7.58. The van der Waals surface area contributed by atoms with Gasteiger partial charge in [0.05, 0.1) is 0 Å². The molecular weight excluding hydrogens is 364 g/mol. The lowest BCUT2D eigenvalue weighted by molar-refractivity contribution is -0.380. The summed E-state index contributed by atoms with van der Waals surface area (Å²) in [4.78, 5) is 0. The Morgan fingerprint density at radius 1 is 0.464 bits per heavy atom. The van der Waals surface area contributed by atoms with E-state index in [0.29, 0.717) is 19.8 Å². The van der Waals surface area contributed by atoms with Crippen molar-refractivity contribution in [1.29, 1.82) is 0 Å². The number of ether oxygens (including phenoxy) is 3. The highest BCUT2D eigenvalue weighted by molar-refractivity contribution is 6.08. The molecule has 0 aliphatic rings. The van der Waals surface area contributed by atoms with Crippen LogP contribution < -0.4 is 0 Å². The molecule has 4 heteroatoms. The minimum atomic E-state index is -0.813. The fourth-order valence-corrected chi connectivity index (χ4v) is 4.02. The van der Waals surface area contributed by atoms with Gasteiger partial charge < -0.3 is 14.2 Å². The van der Waals surface area contributed by atoms with Crippen LogP contribution in [-0.2, 0) is 14.2 Å². The first-order valence-electron chi connectivity index (χ1n) is 12.3. The predicted molar refractivity (Wildman–Crippen MR) is 122 cm³/mol. The lowest BCUT2D eigenvalue weighted by Gasteiger charge is -2.32. The highest BCUT2D eigenvalue weighted by Gasteiger charge is 2.31. The lowest BCUT2D eigenvalue weighted by Crippen LogP contribution is -2.39. The molecule has 0 amide bonds. The van der Waals surface area contributed by atoms with Crippen molar-refractivity contribution < 1.29 is 14.2 Å². The molecule has 0 fully saturated rings. The molecule has 0 aromatic rings. The molecule has 167 valence electrons. The minimum absolute atomic E-state index is 0.622. The number of rotatable bonds is 23. The summed E-state index contributed by atoms with van der Waals surface area (Å²) in [7, 11) is 3.55. The summed E-state index contributed by atoms with van der Waals surface area (Å²) in [6.45, 7) is 7.86. The quantitative estimate of drug-likeness (QED) is 0.0981. The van der Waals surface area contributed by atoms with Crippen LogP contribution in [0, 0.1) is 0 Å². The second-order valence-electron chi connectivity index (χ2n) is 7.79. The summed E-state index contributed by atoms with van der Waals surface area (Å²) < 4.78 is 17.4. The van der Waals surface area contributed by atoms with Gasteiger partial charge in [-0.1, -0.05) is 95.9 Å². The molecule has 0 aromatic heterocycles. The van der Waals surface area contributed by atoms with Gasteiger partial charge in [0.15, 0.2) is 0 Å². The molecule has 0 atom stereocenters. The van der Waals surface area contributed by atoms with Gasteiger partial charge in [0.25, 0.3) is 5.97 Å². The van der Waals surface area contributed by atoms with Crippen molar-refractivity contribution in [3.05, 3.63) is 0 Å². The smallest absolute Gasteiger partial charge is 0.282 e. The zero-order chi connectivity index (χ0) is 20.8. The molecule has 0 saturated heterocycles. The fourth-order valence-electron chi connectivity index (χ4n) is 3.77. The van der Waals surface area contributed by atoms with Crippen molar-refractivity contribution in [1.82, 2.24) is 0 Å². The Labute approximate surface area is 180 Å². The molecule has 0 N–H and O–H groups in total. The van der Waals surface area contributed by atoms with Gasteiger partial charge in [-0.05, 0) is 27.2 Å². The summed E-state index contributed by atoms with van der Waals surface area (Å²) in [6, 6.07) is 1.16. The first kappa shape index (κ1) is 28.1. The van der Waals surface area contributed by atoms with E-state index >= 15 is 0 Å². The van der Waals surface area contributed by atoms with Crippen molar-refractivity contribution in [3.63, 3.8) is 0 Å². The Bertz CT molecular complexity index is 283. The summed E-state index contributed by atoms with van der Waals surface area (Å²) in [6.07, 6.45) is 21.4. The minimum Gasteiger partial charge on any atom is -0.328 e. The maximum Gasteiger partial charge on any atom is 0.282 e. The van der Waals surface area contributed by atoms with Crippen molar-refractivity contribution >= 4 is 10.2 Å². The van der Waals surface area contributed by atoms with Gasteiger partial charge in [0.1, 0.15) is 0 Å². The Morgan fingerprint density at radius 2 is 0.750 bits per heavy atom. The number of hydrogen-bond donors (Lipinski definition) is 0.